The number of likely N-dealkylation sites (tertiary alicyclic amines) is 1. The lowest BCUT2D eigenvalue weighted by Gasteiger charge is -2.24. The van der Waals surface area contributed by atoms with Crippen molar-refractivity contribution in [2.24, 2.45) is 16.6 Å². The summed E-state index contributed by atoms with van der Waals surface area (Å²) in [6.07, 6.45) is 5.08. The Kier molecular flexibility index (Phi) is 9.36. The third-order valence-electron chi connectivity index (χ3n) is 4.31. The molecule has 0 amide bonds. The number of benzene rings is 1. The average Bonchev–Trinajstić information content (AvgIpc) is 2.81. The minimum atomic E-state index is 0. The zero-order chi connectivity index (χ0) is 15.8. The number of nitrogens with two attached hydrogens (primary N) is 1. The van der Waals surface area contributed by atoms with E-state index in [2.05, 4.69) is 53.3 Å². The van der Waals surface area contributed by atoms with Gasteiger partial charge in [0.2, 0.25) is 0 Å². The molecule has 130 valence electrons. The number of hydrogen-bond acceptors (Lipinski definition) is 2. The Morgan fingerprint density at radius 3 is 2.30 bits per heavy atom. The zero-order valence-electron chi connectivity index (χ0n) is 14.4. The molecule has 1 saturated heterocycles. The van der Waals surface area contributed by atoms with Gasteiger partial charge in [0.05, 0.1) is 6.54 Å². The van der Waals surface area contributed by atoms with E-state index in [1.54, 1.807) is 0 Å². The van der Waals surface area contributed by atoms with E-state index in [9.17, 15) is 0 Å². The number of hydrogen-bond donors (Lipinski definition) is 2. The number of anilines is 1. The second kappa shape index (κ2) is 10.7. The fourth-order valence-electron chi connectivity index (χ4n) is 2.76. The molecule has 1 atom stereocenters. The first kappa shape index (κ1) is 20.1. The van der Waals surface area contributed by atoms with Crippen molar-refractivity contribution in [3.05, 3.63) is 30.3 Å². The monoisotopic (exact) mass is 430 g/mol. The molecule has 1 heterocycles. The van der Waals surface area contributed by atoms with Crippen molar-refractivity contribution in [1.82, 2.24) is 4.90 Å². The molecule has 0 aliphatic carbocycles. The third kappa shape index (κ3) is 6.97. The highest BCUT2D eigenvalue weighted by molar-refractivity contribution is 14.0. The second-order valence-corrected chi connectivity index (χ2v) is 6.46. The molecular weight excluding hydrogens is 399 g/mol. The van der Waals surface area contributed by atoms with E-state index < -0.39 is 0 Å². The molecule has 0 radical (unpaired) electrons. The molecule has 0 spiro atoms. The van der Waals surface area contributed by atoms with Crippen LogP contribution in [0, 0.1) is 5.92 Å². The van der Waals surface area contributed by atoms with Gasteiger partial charge in [-0.1, -0.05) is 44.9 Å². The SMILES string of the molecule is CC(C)C(CN=C(N)N1CCCCCC1)Nc1ccccc1.I. The minimum Gasteiger partial charge on any atom is -0.380 e. The summed E-state index contributed by atoms with van der Waals surface area (Å²) in [6, 6.07) is 10.6. The van der Waals surface area contributed by atoms with Crippen LogP contribution in [0.1, 0.15) is 39.5 Å². The van der Waals surface area contributed by atoms with Gasteiger partial charge in [0.25, 0.3) is 0 Å². The number of rotatable bonds is 5. The summed E-state index contributed by atoms with van der Waals surface area (Å²) >= 11 is 0. The summed E-state index contributed by atoms with van der Waals surface area (Å²) in [7, 11) is 0. The van der Waals surface area contributed by atoms with E-state index in [1.165, 1.54) is 25.7 Å². The van der Waals surface area contributed by atoms with Crippen molar-refractivity contribution in [3.63, 3.8) is 0 Å². The van der Waals surface area contributed by atoms with Crippen molar-refractivity contribution in [3.8, 4) is 0 Å². The Labute approximate surface area is 157 Å². The molecule has 1 aliphatic rings. The van der Waals surface area contributed by atoms with Crippen molar-refractivity contribution in [2.75, 3.05) is 25.0 Å². The normalized spacial score (nSPS) is 17.3. The minimum absolute atomic E-state index is 0. The number of nitrogens with one attached hydrogen (secondary N) is 1. The number of guanidine groups is 1. The summed E-state index contributed by atoms with van der Waals surface area (Å²) in [4.78, 5) is 6.91. The van der Waals surface area contributed by atoms with Crippen LogP contribution >= 0.6 is 24.0 Å². The van der Waals surface area contributed by atoms with Crippen molar-refractivity contribution < 1.29 is 0 Å². The van der Waals surface area contributed by atoms with Gasteiger partial charge in [-0.05, 0) is 30.9 Å². The topological polar surface area (TPSA) is 53.6 Å². The number of aliphatic imine (C=N–C) groups is 1. The largest absolute Gasteiger partial charge is 0.380 e. The molecule has 1 unspecified atom stereocenters. The van der Waals surface area contributed by atoms with Crippen molar-refractivity contribution >= 4 is 35.6 Å². The molecule has 0 bridgehead atoms. The van der Waals surface area contributed by atoms with Gasteiger partial charge in [-0.3, -0.25) is 4.99 Å². The van der Waals surface area contributed by atoms with Gasteiger partial charge >= 0.3 is 0 Å². The molecule has 23 heavy (non-hydrogen) atoms. The molecule has 1 aromatic carbocycles. The van der Waals surface area contributed by atoms with Crippen LogP contribution in [0.4, 0.5) is 5.69 Å². The predicted octanol–water partition coefficient (Wildman–Crippen LogP) is 3.93. The van der Waals surface area contributed by atoms with Crippen LogP contribution in [0.25, 0.3) is 0 Å². The van der Waals surface area contributed by atoms with Crippen LogP contribution in [-0.4, -0.2) is 36.5 Å². The lowest BCUT2D eigenvalue weighted by molar-refractivity contribution is 0.426. The first-order valence-electron chi connectivity index (χ1n) is 8.53. The molecule has 0 saturated carbocycles. The van der Waals surface area contributed by atoms with Crippen molar-refractivity contribution in [1.29, 1.82) is 0 Å². The first-order valence-corrected chi connectivity index (χ1v) is 8.53. The van der Waals surface area contributed by atoms with Gasteiger partial charge in [0.15, 0.2) is 5.96 Å². The van der Waals surface area contributed by atoms with Crippen molar-refractivity contribution in [2.45, 2.75) is 45.6 Å². The Morgan fingerprint density at radius 2 is 1.74 bits per heavy atom. The standard InChI is InChI=1S/C18H30N4.HI/c1-15(2)17(21-16-10-6-5-7-11-16)14-20-18(19)22-12-8-3-4-9-13-22;/h5-7,10-11,15,17,21H,3-4,8-9,12-14H2,1-2H3,(H2,19,20);1H. The van der Waals surface area contributed by atoms with Gasteiger partial charge in [-0.15, -0.1) is 24.0 Å². The van der Waals surface area contributed by atoms with Gasteiger partial charge in [0.1, 0.15) is 0 Å². The maximum Gasteiger partial charge on any atom is 0.191 e. The van der Waals surface area contributed by atoms with E-state index in [-0.39, 0.29) is 24.0 Å². The second-order valence-electron chi connectivity index (χ2n) is 6.46. The lowest BCUT2D eigenvalue weighted by atomic mass is 10.0. The fourth-order valence-corrected chi connectivity index (χ4v) is 2.76. The van der Waals surface area contributed by atoms with Gasteiger partial charge in [-0.2, -0.15) is 0 Å². The van der Waals surface area contributed by atoms with Gasteiger partial charge in [0, 0.05) is 24.8 Å². The molecule has 1 aromatic rings. The Morgan fingerprint density at radius 1 is 1.13 bits per heavy atom. The van der Waals surface area contributed by atoms with Crippen LogP contribution < -0.4 is 11.1 Å². The Bertz CT molecular complexity index is 453. The maximum atomic E-state index is 6.21. The number of nitrogens with zero attached hydrogens (tertiary/aromatic N) is 2. The predicted molar refractivity (Wildman–Crippen MR) is 111 cm³/mol. The van der Waals surface area contributed by atoms with Crippen LogP contribution in [0.15, 0.2) is 35.3 Å². The third-order valence-corrected chi connectivity index (χ3v) is 4.31. The zero-order valence-corrected chi connectivity index (χ0v) is 16.7. The van der Waals surface area contributed by atoms with Gasteiger partial charge < -0.3 is 16.0 Å². The Balaban J connectivity index is 0.00000264. The van der Waals surface area contributed by atoms with Crippen LogP contribution in [-0.2, 0) is 0 Å². The van der Waals surface area contributed by atoms with E-state index in [4.69, 9.17) is 5.73 Å². The summed E-state index contributed by atoms with van der Waals surface area (Å²) in [5.74, 6) is 1.21. The summed E-state index contributed by atoms with van der Waals surface area (Å²) in [5.41, 5.74) is 7.35. The first-order chi connectivity index (χ1) is 10.7. The van der Waals surface area contributed by atoms with E-state index >= 15 is 0 Å². The lowest BCUT2D eigenvalue weighted by Crippen LogP contribution is -2.39. The highest BCUT2D eigenvalue weighted by atomic mass is 127. The van der Waals surface area contributed by atoms with E-state index in [0.717, 1.165) is 25.3 Å². The summed E-state index contributed by atoms with van der Waals surface area (Å²) in [6.45, 7) is 7.26. The van der Waals surface area contributed by atoms with Crippen LogP contribution in [0.2, 0.25) is 0 Å². The summed E-state index contributed by atoms with van der Waals surface area (Å²) in [5, 5.41) is 3.57. The highest BCUT2D eigenvalue weighted by Crippen LogP contribution is 2.13. The Hall–Kier alpha value is -0.980. The van der Waals surface area contributed by atoms with Crippen LogP contribution in [0.3, 0.4) is 0 Å². The highest BCUT2D eigenvalue weighted by Gasteiger charge is 2.15. The van der Waals surface area contributed by atoms with E-state index in [1.807, 2.05) is 6.07 Å². The number of halogens is 1. The maximum absolute atomic E-state index is 6.21. The molecule has 3 N–H and O–H groups in total. The number of para-hydroxylation sites is 1. The molecule has 5 heteroatoms. The molecule has 1 fully saturated rings. The molecule has 1 aliphatic heterocycles. The quantitative estimate of drug-likeness (QED) is 0.423. The average molecular weight is 430 g/mol. The van der Waals surface area contributed by atoms with E-state index in [0.29, 0.717) is 17.9 Å². The fraction of sp³-hybridized carbons (Fsp3) is 0.611. The smallest absolute Gasteiger partial charge is 0.191 e. The summed E-state index contributed by atoms with van der Waals surface area (Å²) < 4.78 is 0. The van der Waals surface area contributed by atoms with Crippen LogP contribution in [0.5, 0.6) is 0 Å². The molecule has 2 rings (SSSR count). The molecule has 0 aromatic heterocycles. The molecular formula is C18H31IN4. The van der Waals surface area contributed by atoms with Gasteiger partial charge in [-0.25, -0.2) is 0 Å². The molecule has 4 nitrogen and oxygen atoms in total.